The van der Waals surface area contributed by atoms with Crippen LogP contribution in [0.2, 0.25) is 0 Å². The van der Waals surface area contributed by atoms with Crippen LogP contribution in [0.25, 0.3) is 117 Å². The van der Waals surface area contributed by atoms with Gasteiger partial charge in [0.25, 0.3) is 0 Å². The molecule has 0 fully saturated rings. The zero-order chi connectivity index (χ0) is 49.7. The third kappa shape index (κ3) is 6.56. The lowest BCUT2D eigenvalue weighted by Crippen LogP contribution is -2.00. The summed E-state index contributed by atoms with van der Waals surface area (Å²) in [6.07, 6.45) is 0. The smallest absolute Gasteiger partial charge is 0.208 e. The first-order valence-corrected chi connectivity index (χ1v) is 22.3. The normalized spacial score (nSPS) is 11.6. The standard InChI is InChI=1S/C57H36N4O11/c62-45-42(46(63)50(67)53(70)49(45)66)30-17-21-36-39(24-30)61(38-16-8-15-37(43(36)38)44-47(64)51(68)54(71)52(69)48(44)65)33-19-22-35-34-20-18-32(25-40(34)72-41(35)26-33)57-59-55(28-11-5-2-6-12-28)58-56(60-57)31-14-7-13-29(23-31)27-9-3-1-4-10-27/h1-26,62-71H. The van der Waals surface area contributed by atoms with Crippen LogP contribution in [0.3, 0.4) is 0 Å². The molecule has 0 atom stereocenters. The van der Waals surface area contributed by atoms with Crippen LogP contribution >= 0.6 is 0 Å². The van der Waals surface area contributed by atoms with Gasteiger partial charge >= 0.3 is 0 Å². The summed E-state index contributed by atoms with van der Waals surface area (Å²) in [4.78, 5) is 14.9. The molecular formula is C57H36N4O11. The SMILES string of the molecule is Oc1c(O)c(O)c(-c2ccc3c4c(-c5c(O)c(O)c(O)c(O)c5O)cccc4n(-c4ccc5c(c4)oc4cc(-c6nc(-c7ccccc7)nc(-c7cccc(-c8ccccc8)c7)n6)ccc45)c3c2)c(O)c1O. The number of hydrogen-bond acceptors (Lipinski definition) is 14. The van der Waals surface area contributed by atoms with Gasteiger partial charge < -0.3 is 60.0 Å². The summed E-state index contributed by atoms with van der Waals surface area (Å²) in [7, 11) is 0. The molecule has 3 heterocycles. The van der Waals surface area contributed by atoms with Crippen molar-refractivity contribution in [3.8, 4) is 131 Å². The highest BCUT2D eigenvalue weighted by molar-refractivity contribution is 6.18. The monoisotopic (exact) mass is 952 g/mol. The predicted molar refractivity (Wildman–Crippen MR) is 271 cm³/mol. The van der Waals surface area contributed by atoms with Crippen LogP contribution in [-0.4, -0.2) is 70.6 Å². The molecule has 12 rings (SSSR count). The van der Waals surface area contributed by atoms with Gasteiger partial charge in [0.15, 0.2) is 40.5 Å². The Balaban J connectivity index is 1.04. The van der Waals surface area contributed by atoms with E-state index < -0.39 is 68.6 Å². The van der Waals surface area contributed by atoms with E-state index in [0.29, 0.717) is 61.7 Å². The van der Waals surface area contributed by atoms with Crippen molar-refractivity contribution in [1.29, 1.82) is 0 Å². The first-order valence-electron chi connectivity index (χ1n) is 22.3. The predicted octanol–water partition coefficient (Wildman–Crippen LogP) is 11.9. The van der Waals surface area contributed by atoms with Crippen molar-refractivity contribution >= 4 is 43.7 Å². The third-order valence-electron chi connectivity index (χ3n) is 13.0. The number of hydrogen-bond donors (Lipinski definition) is 10. The molecule has 15 heteroatoms. The molecule has 0 bridgehead atoms. The second-order valence-corrected chi connectivity index (χ2v) is 17.1. The second kappa shape index (κ2) is 16.1. The number of aromatic nitrogens is 4. The summed E-state index contributed by atoms with van der Waals surface area (Å²) in [6, 6.07) is 48.4. The number of phenolic OH excluding ortho intramolecular Hbond substituents is 10. The number of benzene rings is 9. The summed E-state index contributed by atoms with van der Waals surface area (Å²) < 4.78 is 8.40. The first-order chi connectivity index (χ1) is 34.9. The van der Waals surface area contributed by atoms with E-state index in [-0.39, 0.29) is 11.1 Å². The Bertz CT molecular complexity index is 4170. The van der Waals surface area contributed by atoms with E-state index >= 15 is 0 Å². The van der Waals surface area contributed by atoms with Crippen molar-refractivity contribution in [3.63, 3.8) is 0 Å². The molecule has 3 aromatic heterocycles. The Morgan fingerprint density at radius 1 is 0.319 bits per heavy atom. The molecule has 0 radical (unpaired) electrons. The fraction of sp³-hybridized carbons (Fsp3) is 0. The highest BCUT2D eigenvalue weighted by Crippen LogP contribution is 2.58. The zero-order valence-corrected chi connectivity index (χ0v) is 37.2. The molecule has 0 saturated carbocycles. The van der Waals surface area contributed by atoms with E-state index in [9.17, 15) is 51.1 Å². The Kier molecular flexibility index (Phi) is 9.60. The van der Waals surface area contributed by atoms with Crippen molar-refractivity contribution < 1.29 is 55.5 Å². The van der Waals surface area contributed by atoms with Crippen LogP contribution in [0.4, 0.5) is 0 Å². The van der Waals surface area contributed by atoms with E-state index in [2.05, 4.69) is 6.07 Å². The van der Waals surface area contributed by atoms with Gasteiger partial charge in [-0.25, -0.2) is 15.0 Å². The van der Waals surface area contributed by atoms with Crippen molar-refractivity contribution in [2.24, 2.45) is 0 Å². The molecule has 0 aliphatic heterocycles. The minimum atomic E-state index is -1.13. The molecule has 0 unspecified atom stereocenters. The molecule has 0 aliphatic rings. The van der Waals surface area contributed by atoms with Crippen LogP contribution in [-0.2, 0) is 0 Å². The van der Waals surface area contributed by atoms with Crippen molar-refractivity contribution in [3.05, 3.63) is 158 Å². The highest BCUT2D eigenvalue weighted by Gasteiger charge is 2.29. The van der Waals surface area contributed by atoms with Gasteiger partial charge in [-0.3, -0.25) is 0 Å². The number of nitrogens with zero attached hydrogens (tertiary/aromatic N) is 4. The third-order valence-corrected chi connectivity index (χ3v) is 13.0. The quantitative estimate of drug-likeness (QED) is 0.0527. The van der Waals surface area contributed by atoms with E-state index in [1.54, 1.807) is 28.8 Å². The maximum absolute atomic E-state index is 11.1. The number of phenols is 10. The van der Waals surface area contributed by atoms with Gasteiger partial charge in [0.2, 0.25) is 34.5 Å². The summed E-state index contributed by atoms with van der Waals surface area (Å²) in [5.74, 6) is -8.80. The second-order valence-electron chi connectivity index (χ2n) is 17.1. The van der Waals surface area contributed by atoms with E-state index in [0.717, 1.165) is 33.0 Å². The molecule has 10 N–H and O–H groups in total. The first kappa shape index (κ1) is 42.9. The molecule has 15 nitrogen and oxygen atoms in total. The lowest BCUT2D eigenvalue weighted by molar-refractivity contribution is 0.330. The largest absolute Gasteiger partial charge is 0.504 e. The van der Waals surface area contributed by atoms with Crippen LogP contribution in [0.15, 0.2) is 162 Å². The molecular weight excluding hydrogens is 917 g/mol. The summed E-state index contributed by atoms with van der Waals surface area (Å²) in [5, 5.41) is 109. The lowest BCUT2D eigenvalue weighted by atomic mass is 9.95. The van der Waals surface area contributed by atoms with Crippen molar-refractivity contribution in [2.45, 2.75) is 0 Å². The van der Waals surface area contributed by atoms with Crippen molar-refractivity contribution in [2.75, 3.05) is 0 Å². The van der Waals surface area contributed by atoms with Gasteiger partial charge in [-0.2, -0.15) is 0 Å². The summed E-state index contributed by atoms with van der Waals surface area (Å²) >= 11 is 0. The maximum atomic E-state index is 11.1. The lowest BCUT2D eigenvalue weighted by Gasteiger charge is -2.14. The zero-order valence-electron chi connectivity index (χ0n) is 37.2. The number of aromatic hydroxyl groups is 10. The van der Waals surface area contributed by atoms with E-state index in [4.69, 9.17) is 19.4 Å². The summed E-state index contributed by atoms with van der Waals surface area (Å²) in [6.45, 7) is 0. The van der Waals surface area contributed by atoms with Crippen molar-refractivity contribution in [1.82, 2.24) is 19.5 Å². The topological polar surface area (TPSA) is 259 Å². The van der Waals surface area contributed by atoms with Gasteiger partial charge in [-0.1, -0.05) is 109 Å². The van der Waals surface area contributed by atoms with E-state index in [1.807, 2.05) is 109 Å². The number of rotatable bonds is 7. The molecule has 0 saturated heterocycles. The van der Waals surface area contributed by atoms with Gasteiger partial charge in [0.05, 0.1) is 22.2 Å². The number of fused-ring (bicyclic) bond motifs is 6. The van der Waals surface area contributed by atoms with Crippen LogP contribution in [0, 0.1) is 0 Å². The highest BCUT2D eigenvalue weighted by atomic mass is 16.4. The molecule has 9 aromatic carbocycles. The number of furan rings is 1. The van der Waals surface area contributed by atoms with Crippen LogP contribution in [0.5, 0.6) is 57.5 Å². The van der Waals surface area contributed by atoms with Gasteiger partial charge in [-0.05, 0) is 64.7 Å². The molecule has 0 amide bonds. The molecule has 12 aromatic rings. The van der Waals surface area contributed by atoms with E-state index in [1.165, 1.54) is 18.2 Å². The molecule has 0 spiro atoms. The Labute approximate surface area is 405 Å². The van der Waals surface area contributed by atoms with Crippen LogP contribution in [0.1, 0.15) is 0 Å². The minimum Gasteiger partial charge on any atom is -0.504 e. The fourth-order valence-electron chi connectivity index (χ4n) is 9.47. The molecule has 350 valence electrons. The molecule has 72 heavy (non-hydrogen) atoms. The Morgan fingerprint density at radius 2 is 0.792 bits per heavy atom. The summed E-state index contributed by atoms with van der Waals surface area (Å²) in [5.41, 5.74) is 6.06. The van der Waals surface area contributed by atoms with Crippen LogP contribution < -0.4 is 0 Å². The molecule has 0 aliphatic carbocycles. The Morgan fingerprint density at radius 3 is 1.43 bits per heavy atom. The minimum absolute atomic E-state index is 0.0810. The average molecular weight is 953 g/mol. The Hall–Kier alpha value is -10.4. The average Bonchev–Trinajstić information content (AvgIpc) is 3.96. The van der Waals surface area contributed by atoms with Gasteiger partial charge in [0.1, 0.15) is 11.2 Å². The fourth-order valence-corrected chi connectivity index (χ4v) is 9.47. The van der Waals surface area contributed by atoms with Gasteiger partial charge in [-0.15, -0.1) is 0 Å². The van der Waals surface area contributed by atoms with Gasteiger partial charge in [0, 0.05) is 50.0 Å². The maximum Gasteiger partial charge on any atom is 0.208 e.